The van der Waals surface area contributed by atoms with Crippen LogP contribution >= 0.6 is 0 Å². The van der Waals surface area contributed by atoms with E-state index in [9.17, 15) is 14.0 Å². The van der Waals surface area contributed by atoms with Gasteiger partial charge in [-0.2, -0.15) is 0 Å². The number of rotatable bonds is 3. The zero-order valence-electron chi connectivity index (χ0n) is 10.9. The Morgan fingerprint density at radius 3 is 2.47 bits per heavy atom. The summed E-state index contributed by atoms with van der Waals surface area (Å²) in [5.74, 6) is -1.87. The van der Waals surface area contributed by atoms with Gasteiger partial charge in [0, 0.05) is 0 Å². The molecule has 1 amide bonds. The monoisotopic (exact) mass is 269 g/mol. The fourth-order valence-corrected chi connectivity index (χ4v) is 1.40. The van der Waals surface area contributed by atoms with Gasteiger partial charge in [-0.3, -0.25) is 0 Å². The van der Waals surface area contributed by atoms with Crippen LogP contribution in [0, 0.1) is 5.82 Å². The van der Waals surface area contributed by atoms with Crippen LogP contribution in [0.4, 0.5) is 9.18 Å². The molecule has 19 heavy (non-hydrogen) atoms. The summed E-state index contributed by atoms with van der Waals surface area (Å²) < 4.78 is 18.0. The number of alkyl carbamates (subject to hydrolysis) is 1. The van der Waals surface area contributed by atoms with Gasteiger partial charge in [0.1, 0.15) is 11.4 Å². The number of halogens is 1. The van der Waals surface area contributed by atoms with E-state index in [0.717, 1.165) is 6.07 Å². The first-order valence-electron chi connectivity index (χ1n) is 5.67. The van der Waals surface area contributed by atoms with Crippen LogP contribution < -0.4 is 5.32 Å². The van der Waals surface area contributed by atoms with E-state index in [-0.39, 0.29) is 5.56 Å². The maximum atomic E-state index is 13.1. The number of aliphatic carboxylic acids is 1. The summed E-state index contributed by atoms with van der Waals surface area (Å²) in [5.41, 5.74) is -0.604. The van der Waals surface area contributed by atoms with Gasteiger partial charge in [-0.25, -0.2) is 14.0 Å². The molecule has 0 aliphatic carbocycles. The number of ether oxygens (including phenoxy) is 1. The van der Waals surface area contributed by atoms with Crippen LogP contribution in [0.5, 0.6) is 0 Å². The second kappa shape index (κ2) is 5.69. The highest BCUT2D eigenvalue weighted by Crippen LogP contribution is 2.16. The number of nitrogens with one attached hydrogen (secondary N) is 1. The molecule has 1 rings (SSSR count). The predicted octanol–water partition coefficient (Wildman–Crippen LogP) is 2.48. The zero-order chi connectivity index (χ0) is 14.6. The SMILES string of the molecule is CC(C)(C)OC(=O)N[C@@H](C(=O)O)c1cccc(F)c1. The highest BCUT2D eigenvalue weighted by Gasteiger charge is 2.25. The molecule has 1 aromatic rings. The number of amides is 1. The van der Waals surface area contributed by atoms with Crippen molar-refractivity contribution in [1.29, 1.82) is 0 Å². The van der Waals surface area contributed by atoms with Crippen molar-refractivity contribution in [2.24, 2.45) is 0 Å². The van der Waals surface area contributed by atoms with E-state index >= 15 is 0 Å². The molecule has 0 aliphatic heterocycles. The van der Waals surface area contributed by atoms with Crippen LogP contribution in [-0.4, -0.2) is 22.8 Å². The van der Waals surface area contributed by atoms with E-state index in [4.69, 9.17) is 9.84 Å². The molecule has 5 nitrogen and oxygen atoms in total. The number of carbonyl (C=O) groups is 2. The maximum Gasteiger partial charge on any atom is 0.408 e. The Balaban J connectivity index is 2.85. The van der Waals surface area contributed by atoms with Gasteiger partial charge in [-0.15, -0.1) is 0 Å². The van der Waals surface area contributed by atoms with E-state index < -0.39 is 29.5 Å². The summed E-state index contributed by atoms with van der Waals surface area (Å²) in [4.78, 5) is 22.7. The molecule has 0 saturated heterocycles. The van der Waals surface area contributed by atoms with Crippen molar-refractivity contribution >= 4 is 12.1 Å². The Hall–Kier alpha value is -2.11. The highest BCUT2D eigenvalue weighted by molar-refractivity contribution is 5.81. The van der Waals surface area contributed by atoms with Crippen molar-refractivity contribution in [2.75, 3.05) is 0 Å². The Bertz CT molecular complexity index is 482. The number of hydrogen-bond acceptors (Lipinski definition) is 3. The molecule has 0 unspecified atom stereocenters. The Labute approximate surface area is 110 Å². The lowest BCUT2D eigenvalue weighted by atomic mass is 10.1. The highest BCUT2D eigenvalue weighted by atomic mass is 19.1. The standard InChI is InChI=1S/C13H16FNO4/c1-13(2,3)19-12(18)15-10(11(16)17)8-5-4-6-9(14)7-8/h4-7,10H,1-3H3,(H,15,18)(H,16,17)/t10-/m1/s1. The van der Waals surface area contributed by atoms with E-state index in [1.165, 1.54) is 18.2 Å². The largest absolute Gasteiger partial charge is 0.479 e. The van der Waals surface area contributed by atoms with Crippen LogP contribution in [-0.2, 0) is 9.53 Å². The summed E-state index contributed by atoms with van der Waals surface area (Å²) in [5, 5.41) is 11.3. The predicted molar refractivity (Wildman–Crippen MR) is 66.1 cm³/mol. The molecule has 6 heteroatoms. The second-order valence-electron chi connectivity index (χ2n) is 4.97. The lowest BCUT2D eigenvalue weighted by Crippen LogP contribution is -2.38. The number of carboxylic acids is 1. The molecule has 0 spiro atoms. The molecular weight excluding hydrogens is 253 g/mol. The third-order valence-corrected chi connectivity index (χ3v) is 2.09. The van der Waals surface area contributed by atoms with Gasteiger partial charge in [0.25, 0.3) is 0 Å². The molecule has 0 saturated carbocycles. The van der Waals surface area contributed by atoms with Gasteiger partial charge in [-0.05, 0) is 38.5 Å². The van der Waals surface area contributed by atoms with E-state index in [1.807, 2.05) is 0 Å². The minimum Gasteiger partial charge on any atom is -0.479 e. The lowest BCUT2D eigenvalue weighted by Gasteiger charge is -2.22. The van der Waals surface area contributed by atoms with Gasteiger partial charge in [0.15, 0.2) is 6.04 Å². The van der Waals surface area contributed by atoms with Crippen LogP contribution in [0.25, 0.3) is 0 Å². The quantitative estimate of drug-likeness (QED) is 0.883. The number of carbonyl (C=O) groups excluding carboxylic acids is 1. The third kappa shape index (κ3) is 4.95. The summed E-state index contributed by atoms with van der Waals surface area (Å²) in [6.07, 6.45) is -0.871. The second-order valence-corrected chi connectivity index (χ2v) is 4.97. The van der Waals surface area contributed by atoms with E-state index in [0.29, 0.717) is 0 Å². The summed E-state index contributed by atoms with van der Waals surface area (Å²) >= 11 is 0. The molecule has 0 radical (unpaired) electrons. The Morgan fingerprint density at radius 2 is 2.00 bits per heavy atom. The summed E-state index contributed by atoms with van der Waals surface area (Å²) in [6.45, 7) is 4.97. The van der Waals surface area contributed by atoms with Gasteiger partial charge >= 0.3 is 12.1 Å². The first-order chi connectivity index (χ1) is 8.69. The molecule has 0 heterocycles. The van der Waals surface area contributed by atoms with Gasteiger partial charge in [-0.1, -0.05) is 12.1 Å². The minimum atomic E-state index is -1.36. The fourth-order valence-electron chi connectivity index (χ4n) is 1.40. The number of benzene rings is 1. The lowest BCUT2D eigenvalue weighted by molar-refractivity contribution is -0.139. The normalized spacial score (nSPS) is 12.6. The van der Waals surface area contributed by atoms with Crippen LogP contribution in [0.15, 0.2) is 24.3 Å². The van der Waals surface area contributed by atoms with Crippen LogP contribution in [0.3, 0.4) is 0 Å². The van der Waals surface area contributed by atoms with E-state index in [1.54, 1.807) is 20.8 Å². The smallest absolute Gasteiger partial charge is 0.408 e. The number of hydrogen-bond donors (Lipinski definition) is 2. The molecular formula is C13H16FNO4. The van der Waals surface area contributed by atoms with Gasteiger partial charge < -0.3 is 15.2 Å². The van der Waals surface area contributed by atoms with Gasteiger partial charge in [0.05, 0.1) is 0 Å². The number of carboxylic acid groups (broad SMARTS) is 1. The van der Waals surface area contributed by atoms with Crippen molar-refractivity contribution < 1.29 is 23.8 Å². The van der Waals surface area contributed by atoms with Crippen LogP contribution in [0.1, 0.15) is 32.4 Å². The topological polar surface area (TPSA) is 75.6 Å². The van der Waals surface area contributed by atoms with Crippen molar-refractivity contribution in [3.8, 4) is 0 Å². The molecule has 104 valence electrons. The van der Waals surface area contributed by atoms with Crippen LogP contribution in [0.2, 0.25) is 0 Å². The van der Waals surface area contributed by atoms with Crippen molar-refractivity contribution in [1.82, 2.24) is 5.32 Å². The molecule has 0 fully saturated rings. The fraction of sp³-hybridized carbons (Fsp3) is 0.385. The molecule has 1 aromatic carbocycles. The maximum absolute atomic E-state index is 13.1. The van der Waals surface area contributed by atoms with Gasteiger partial charge in [0.2, 0.25) is 0 Å². The molecule has 0 bridgehead atoms. The average molecular weight is 269 g/mol. The third-order valence-electron chi connectivity index (χ3n) is 2.09. The first-order valence-corrected chi connectivity index (χ1v) is 5.67. The first kappa shape index (κ1) is 14.9. The molecule has 0 aliphatic rings. The van der Waals surface area contributed by atoms with E-state index in [2.05, 4.69) is 5.32 Å². The zero-order valence-corrected chi connectivity index (χ0v) is 10.9. The van der Waals surface area contributed by atoms with Crippen molar-refractivity contribution in [3.63, 3.8) is 0 Å². The van der Waals surface area contributed by atoms with Crippen molar-refractivity contribution in [3.05, 3.63) is 35.6 Å². The summed E-state index contributed by atoms with van der Waals surface area (Å²) in [7, 11) is 0. The summed E-state index contributed by atoms with van der Waals surface area (Å²) in [6, 6.07) is 3.67. The molecule has 2 N–H and O–H groups in total. The van der Waals surface area contributed by atoms with Crippen molar-refractivity contribution in [2.45, 2.75) is 32.4 Å². The molecule has 0 aromatic heterocycles. The average Bonchev–Trinajstić information content (AvgIpc) is 2.23. The molecule has 1 atom stereocenters. The Kier molecular flexibility index (Phi) is 4.47. The Morgan fingerprint density at radius 1 is 1.37 bits per heavy atom. The minimum absolute atomic E-state index is 0.137.